The molecule has 0 fully saturated rings. The molecule has 0 aliphatic rings. The van der Waals surface area contributed by atoms with Gasteiger partial charge in [0.25, 0.3) is 0 Å². The minimum Gasteiger partial charge on any atom is -0.478 e. The monoisotopic (exact) mass is 399 g/mol. The molecule has 150 valence electrons. The largest absolute Gasteiger partial charge is 0.478 e. The number of nitrogens with zero attached hydrogens (tertiary/aromatic N) is 3. The Morgan fingerprint density at radius 1 is 1.07 bits per heavy atom. The number of ether oxygens (including phenoxy) is 2. The maximum absolute atomic E-state index is 12.5. The molecule has 0 unspecified atom stereocenters. The van der Waals surface area contributed by atoms with E-state index >= 15 is 0 Å². The van der Waals surface area contributed by atoms with Crippen LogP contribution in [0.3, 0.4) is 0 Å². The van der Waals surface area contributed by atoms with Crippen LogP contribution in [0.2, 0.25) is 0 Å². The molecule has 0 N–H and O–H groups in total. The third-order valence-corrected chi connectivity index (χ3v) is 3.99. The van der Waals surface area contributed by atoms with Gasteiger partial charge in [-0.15, -0.1) is 0 Å². The predicted molar refractivity (Wildman–Crippen MR) is 102 cm³/mol. The first-order chi connectivity index (χ1) is 14.0. The maximum Gasteiger partial charge on any atom is 0.387 e. The Labute approximate surface area is 166 Å². The van der Waals surface area contributed by atoms with E-state index in [2.05, 4.69) is 19.7 Å². The third-order valence-electron chi connectivity index (χ3n) is 3.99. The fourth-order valence-corrected chi connectivity index (χ4v) is 2.75. The molecule has 0 spiro atoms. The third kappa shape index (κ3) is 5.31. The number of Topliss-reactive ketones (excluding diaryl/α,β-unsaturated/α-hetero) is 1. The van der Waals surface area contributed by atoms with Gasteiger partial charge in [0.05, 0.1) is 6.61 Å². The Morgan fingerprint density at radius 3 is 2.45 bits per heavy atom. The summed E-state index contributed by atoms with van der Waals surface area (Å²) in [5, 5.41) is 0. The first kappa shape index (κ1) is 20.3. The summed E-state index contributed by atoms with van der Waals surface area (Å²) >= 11 is 0. The van der Waals surface area contributed by atoms with E-state index in [0.29, 0.717) is 30.0 Å². The fourth-order valence-electron chi connectivity index (χ4n) is 2.75. The van der Waals surface area contributed by atoms with E-state index in [1.807, 2.05) is 13.0 Å². The van der Waals surface area contributed by atoms with E-state index in [0.717, 1.165) is 11.1 Å². The van der Waals surface area contributed by atoms with Crippen molar-refractivity contribution in [2.45, 2.75) is 26.9 Å². The van der Waals surface area contributed by atoms with E-state index in [1.165, 1.54) is 19.1 Å². The quantitative estimate of drug-likeness (QED) is 0.525. The zero-order chi connectivity index (χ0) is 20.8. The summed E-state index contributed by atoms with van der Waals surface area (Å²) < 4.78 is 35.2. The number of aromatic nitrogens is 3. The Morgan fingerprint density at radius 2 is 1.79 bits per heavy atom. The molecule has 3 rings (SSSR count). The van der Waals surface area contributed by atoms with Gasteiger partial charge in [0, 0.05) is 37.5 Å². The van der Waals surface area contributed by atoms with Gasteiger partial charge < -0.3 is 9.47 Å². The second-order valence-corrected chi connectivity index (χ2v) is 6.18. The summed E-state index contributed by atoms with van der Waals surface area (Å²) in [6, 6.07) is 8.25. The molecule has 0 bridgehead atoms. The van der Waals surface area contributed by atoms with E-state index < -0.39 is 6.61 Å². The second kappa shape index (κ2) is 9.18. The molecule has 2 heterocycles. The van der Waals surface area contributed by atoms with Gasteiger partial charge >= 0.3 is 6.61 Å². The number of hydrogen-bond donors (Lipinski definition) is 0. The average Bonchev–Trinajstić information content (AvgIpc) is 2.69. The van der Waals surface area contributed by atoms with Gasteiger partial charge in [-0.2, -0.15) is 8.78 Å². The molecule has 2 aromatic heterocycles. The summed E-state index contributed by atoms with van der Waals surface area (Å²) in [6.07, 6.45) is 5.35. The van der Waals surface area contributed by atoms with Gasteiger partial charge in [-0.25, -0.2) is 15.0 Å². The van der Waals surface area contributed by atoms with E-state index in [1.54, 1.807) is 30.7 Å². The summed E-state index contributed by atoms with van der Waals surface area (Å²) in [7, 11) is 0. The zero-order valence-corrected chi connectivity index (χ0v) is 15.9. The van der Waals surface area contributed by atoms with Gasteiger partial charge in [0.2, 0.25) is 5.88 Å². The number of alkyl halides is 2. The first-order valence-corrected chi connectivity index (χ1v) is 8.95. The molecule has 29 heavy (non-hydrogen) atoms. The lowest BCUT2D eigenvalue weighted by atomic mass is 10.0. The van der Waals surface area contributed by atoms with Crippen LogP contribution in [0.4, 0.5) is 8.78 Å². The number of halogens is 2. The average molecular weight is 399 g/mol. The minimum atomic E-state index is -2.90. The summed E-state index contributed by atoms with van der Waals surface area (Å²) in [6.45, 7) is 0.749. The van der Waals surface area contributed by atoms with Crippen LogP contribution in [0.25, 0.3) is 11.1 Å². The lowest BCUT2D eigenvalue weighted by molar-refractivity contribution is -0.0498. The highest BCUT2D eigenvalue weighted by atomic mass is 19.3. The van der Waals surface area contributed by atoms with Crippen molar-refractivity contribution in [3.63, 3.8) is 0 Å². The highest BCUT2D eigenvalue weighted by molar-refractivity contribution is 5.90. The number of carbonyl (C=O) groups excluding carboxylic acids is 1. The molecule has 3 aromatic rings. The lowest BCUT2D eigenvalue weighted by Crippen LogP contribution is -2.03. The molecule has 0 amide bonds. The van der Waals surface area contributed by atoms with E-state index in [-0.39, 0.29) is 17.4 Å². The van der Waals surface area contributed by atoms with Crippen molar-refractivity contribution in [1.29, 1.82) is 0 Å². The van der Waals surface area contributed by atoms with E-state index in [9.17, 15) is 13.6 Å². The normalized spacial score (nSPS) is 10.8. The van der Waals surface area contributed by atoms with Crippen molar-refractivity contribution < 1.29 is 23.0 Å². The van der Waals surface area contributed by atoms with Crippen molar-refractivity contribution in [2.24, 2.45) is 0 Å². The first-order valence-electron chi connectivity index (χ1n) is 8.95. The fraction of sp³-hybridized carbons (Fsp3) is 0.238. The van der Waals surface area contributed by atoms with Gasteiger partial charge in [-0.05, 0) is 41.8 Å². The molecular formula is C21H19F2N3O3. The highest BCUT2D eigenvalue weighted by Gasteiger charge is 2.13. The van der Waals surface area contributed by atoms with Crippen molar-refractivity contribution in [3.05, 3.63) is 65.9 Å². The number of benzene rings is 1. The maximum atomic E-state index is 12.5. The van der Waals surface area contributed by atoms with Crippen molar-refractivity contribution in [2.75, 3.05) is 6.61 Å². The zero-order valence-electron chi connectivity index (χ0n) is 15.9. The number of carbonyl (C=O) groups is 1. The van der Waals surface area contributed by atoms with Gasteiger partial charge in [0.15, 0.2) is 11.6 Å². The Bertz CT molecular complexity index is 995. The molecule has 0 saturated heterocycles. The highest BCUT2D eigenvalue weighted by Crippen LogP contribution is 2.32. The smallest absolute Gasteiger partial charge is 0.387 e. The van der Waals surface area contributed by atoms with Crippen molar-refractivity contribution in [1.82, 2.24) is 15.0 Å². The van der Waals surface area contributed by atoms with E-state index in [4.69, 9.17) is 4.74 Å². The molecule has 0 saturated carbocycles. The van der Waals surface area contributed by atoms with Crippen LogP contribution in [0, 0.1) is 0 Å². The molecule has 1 aromatic carbocycles. The summed E-state index contributed by atoms with van der Waals surface area (Å²) in [4.78, 5) is 23.8. The SMILES string of the molecule is CCOc1ncc(Cc2cnc(C(C)=O)nc2)cc1-c1cccc(OC(F)F)c1. The number of pyridine rings is 1. The molecule has 6 nitrogen and oxygen atoms in total. The second-order valence-electron chi connectivity index (χ2n) is 6.18. The van der Waals surface area contributed by atoms with Crippen LogP contribution in [0.5, 0.6) is 11.6 Å². The van der Waals surface area contributed by atoms with Crippen molar-refractivity contribution >= 4 is 5.78 Å². The molecule has 0 aliphatic heterocycles. The van der Waals surface area contributed by atoms with Gasteiger partial charge in [0.1, 0.15) is 5.75 Å². The summed E-state index contributed by atoms with van der Waals surface area (Å²) in [5.41, 5.74) is 2.96. The molecule has 0 radical (unpaired) electrons. The van der Waals surface area contributed by atoms with Crippen LogP contribution in [0.15, 0.2) is 48.9 Å². The minimum absolute atomic E-state index is 0.0542. The molecule has 0 atom stereocenters. The molecule has 0 aliphatic carbocycles. The van der Waals surface area contributed by atoms with Crippen molar-refractivity contribution in [3.8, 4) is 22.8 Å². The number of rotatable bonds is 8. The lowest BCUT2D eigenvalue weighted by Gasteiger charge is -2.13. The topological polar surface area (TPSA) is 74.2 Å². The standard InChI is InChI=1S/C21H19F2N3O3/c1-3-28-20-18(16-5-4-6-17(9-16)29-21(22)23)8-14(10-26-20)7-15-11-24-19(13(2)27)25-12-15/h4-6,8-12,21H,3,7H2,1-2H3. The summed E-state index contributed by atoms with van der Waals surface area (Å²) in [5.74, 6) is 0.412. The van der Waals surface area contributed by atoms with Gasteiger partial charge in [-0.1, -0.05) is 12.1 Å². The van der Waals surface area contributed by atoms with Crippen LogP contribution >= 0.6 is 0 Å². The molecule has 8 heteroatoms. The van der Waals surface area contributed by atoms with Crippen LogP contribution in [-0.4, -0.2) is 34.0 Å². The Kier molecular flexibility index (Phi) is 6.43. The Hall–Kier alpha value is -3.42. The number of ketones is 1. The Balaban J connectivity index is 1.92. The van der Waals surface area contributed by atoms with Crippen LogP contribution in [0.1, 0.15) is 35.6 Å². The van der Waals surface area contributed by atoms with Crippen LogP contribution in [-0.2, 0) is 6.42 Å². The molecular weight excluding hydrogens is 380 g/mol. The van der Waals surface area contributed by atoms with Crippen LogP contribution < -0.4 is 9.47 Å². The van der Waals surface area contributed by atoms with Gasteiger partial charge in [-0.3, -0.25) is 4.79 Å². The number of hydrogen-bond acceptors (Lipinski definition) is 6. The predicted octanol–water partition coefficient (Wildman–Crippen LogP) is 4.33.